The van der Waals surface area contributed by atoms with Crippen LogP contribution in [-0.2, 0) is 0 Å². The summed E-state index contributed by atoms with van der Waals surface area (Å²) in [6.07, 6.45) is 4.26. The van der Waals surface area contributed by atoms with Crippen LogP contribution < -0.4 is 5.32 Å². The maximum absolute atomic E-state index is 11.7. The maximum Gasteiger partial charge on any atom is 0.271 e. The first-order valence-corrected chi connectivity index (χ1v) is 6.04. The van der Waals surface area contributed by atoms with Crippen molar-refractivity contribution in [2.75, 3.05) is 6.54 Å². The summed E-state index contributed by atoms with van der Waals surface area (Å²) < 4.78 is 0. The van der Waals surface area contributed by atoms with E-state index in [1.807, 2.05) is 30.3 Å². The Morgan fingerprint density at radius 3 is 2.74 bits per heavy atom. The van der Waals surface area contributed by atoms with Crippen molar-refractivity contribution in [1.82, 2.24) is 15.3 Å². The molecule has 0 radical (unpaired) electrons. The van der Waals surface area contributed by atoms with Gasteiger partial charge in [-0.2, -0.15) is 0 Å². The number of carbonyl (C=O) groups is 1. The van der Waals surface area contributed by atoms with E-state index in [0.717, 1.165) is 5.56 Å². The van der Waals surface area contributed by atoms with Gasteiger partial charge in [0.25, 0.3) is 5.91 Å². The number of carbonyl (C=O) groups excluding carboxylic acids is 1. The second kappa shape index (κ2) is 6.61. The van der Waals surface area contributed by atoms with Crippen molar-refractivity contribution < 1.29 is 9.90 Å². The van der Waals surface area contributed by atoms with Crippen LogP contribution in [0.25, 0.3) is 0 Å². The number of aliphatic hydroxyl groups excluding tert-OH is 1. The molecular weight excluding hydrogens is 242 g/mol. The van der Waals surface area contributed by atoms with E-state index in [-0.39, 0.29) is 11.6 Å². The fourth-order valence-corrected chi connectivity index (χ4v) is 1.67. The summed E-state index contributed by atoms with van der Waals surface area (Å²) in [5, 5.41) is 12.6. The zero-order chi connectivity index (χ0) is 13.5. The Morgan fingerprint density at radius 1 is 1.26 bits per heavy atom. The fourth-order valence-electron chi connectivity index (χ4n) is 1.67. The Hall–Kier alpha value is -2.27. The van der Waals surface area contributed by atoms with Crippen molar-refractivity contribution in [1.29, 1.82) is 0 Å². The van der Waals surface area contributed by atoms with Crippen LogP contribution >= 0.6 is 0 Å². The molecule has 0 saturated heterocycles. The van der Waals surface area contributed by atoms with Crippen LogP contribution in [0.2, 0.25) is 0 Å². The third-order valence-electron chi connectivity index (χ3n) is 2.68. The summed E-state index contributed by atoms with van der Waals surface area (Å²) in [6.45, 7) is 0.380. The minimum atomic E-state index is -0.580. The minimum absolute atomic E-state index is 0.275. The average Bonchev–Trinajstić information content (AvgIpc) is 2.49. The Balaban J connectivity index is 1.79. The molecule has 2 N–H and O–H groups in total. The molecule has 1 heterocycles. The van der Waals surface area contributed by atoms with Crippen molar-refractivity contribution in [2.24, 2.45) is 0 Å². The predicted molar refractivity (Wildman–Crippen MR) is 70.4 cm³/mol. The first kappa shape index (κ1) is 13.2. The Morgan fingerprint density at radius 2 is 2.05 bits per heavy atom. The zero-order valence-corrected chi connectivity index (χ0v) is 10.4. The third kappa shape index (κ3) is 3.86. The average molecular weight is 257 g/mol. The van der Waals surface area contributed by atoms with Crippen molar-refractivity contribution in [3.8, 4) is 0 Å². The lowest BCUT2D eigenvalue weighted by atomic mass is 10.1. The van der Waals surface area contributed by atoms with Crippen LogP contribution in [0.5, 0.6) is 0 Å². The van der Waals surface area contributed by atoms with E-state index in [2.05, 4.69) is 15.3 Å². The molecule has 2 aromatic rings. The van der Waals surface area contributed by atoms with Crippen LogP contribution in [0.1, 0.15) is 28.6 Å². The maximum atomic E-state index is 11.7. The molecule has 5 nitrogen and oxygen atoms in total. The molecule has 1 unspecified atom stereocenters. The molecule has 19 heavy (non-hydrogen) atoms. The summed E-state index contributed by atoms with van der Waals surface area (Å²) in [7, 11) is 0. The van der Waals surface area contributed by atoms with Crippen molar-refractivity contribution in [3.63, 3.8) is 0 Å². The number of nitrogens with zero attached hydrogens (tertiary/aromatic N) is 2. The molecule has 1 atom stereocenters. The highest BCUT2D eigenvalue weighted by atomic mass is 16.3. The summed E-state index contributed by atoms with van der Waals surface area (Å²) in [6, 6.07) is 9.35. The number of hydrogen-bond donors (Lipinski definition) is 2. The lowest BCUT2D eigenvalue weighted by molar-refractivity contribution is 0.0937. The van der Waals surface area contributed by atoms with Gasteiger partial charge in [-0.3, -0.25) is 9.78 Å². The lowest BCUT2D eigenvalue weighted by Crippen LogP contribution is -2.26. The van der Waals surface area contributed by atoms with E-state index in [0.29, 0.717) is 13.0 Å². The van der Waals surface area contributed by atoms with Crippen LogP contribution in [0.3, 0.4) is 0 Å². The normalized spacial score (nSPS) is 11.8. The van der Waals surface area contributed by atoms with Crippen LogP contribution in [-0.4, -0.2) is 27.5 Å². The number of aliphatic hydroxyl groups is 1. The highest BCUT2D eigenvalue weighted by Gasteiger charge is 2.09. The van der Waals surface area contributed by atoms with Gasteiger partial charge in [0.2, 0.25) is 0 Å². The largest absolute Gasteiger partial charge is 0.388 e. The van der Waals surface area contributed by atoms with E-state index >= 15 is 0 Å². The quantitative estimate of drug-likeness (QED) is 0.847. The number of amides is 1. The van der Waals surface area contributed by atoms with Gasteiger partial charge in [-0.25, -0.2) is 4.98 Å². The van der Waals surface area contributed by atoms with Gasteiger partial charge in [-0.05, 0) is 12.0 Å². The molecule has 5 heteroatoms. The molecular formula is C14H15N3O2. The predicted octanol–water partition coefficient (Wildman–Crippen LogP) is 1.33. The number of rotatable bonds is 5. The summed E-state index contributed by atoms with van der Waals surface area (Å²) >= 11 is 0. The second-order valence-electron chi connectivity index (χ2n) is 4.06. The third-order valence-corrected chi connectivity index (χ3v) is 2.68. The second-order valence-corrected chi connectivity index (χ2v) is 4.06. The van der Waals surface area contributed by atoms with Gasteiger partial charge in [0.05, 0.1) is 12.3 Å². The first-order valence-electron chi connectivity index (χ1n) is 6.04. The van der Waals surface area contributed by atoms with E-state index < -0.39 is 6.10 Å². The lowest BCUT2D eigenvalue weighted by Gasteiger charge is -2.11. The fraction of sp³-hybridized carbons (Fsp3) is 0.214. The Bertz CT molecular complexity index is 517. The van der Waals surface area contributed by atoms with Crippen molar-refractivity contribution >= 4 is 5.91 Å². The van der Waals surface area contributed by atoms with Crippen molar-refractivity contribution in [3.05, 3.63) is 60.2 Å². The Labute approximate surface area is 111 Å². The minimum Gasteiger partial charge on any atom is -0.388 e. The smallest absolute Gasteiger partial charge is 0.271 e. The first-order chi connectivity index (χ1) is 9.27. The monoisotopic (exact) mass is 257 g/mol. The van der Waals surface area contributed by atoms with Crippen molar-refractivity contribution in [2.45, 2.75) is 12.5 Å². The summed E-state index contributed by atoms with van der Waals surface area (Å²) in [5.41, 5.74) is 1.12. The molecule has 0 spiro atoms. The summed E-state index contributed by atoms with van der Waals surface area (Å²) in [5.74, 6) is -0.284. The molecule has 1 aromatic carbocycles. The van der Waals surface area contributed by atoms with E-state index in [4.69, 9.17) is 0 Å². The highest BCUT2D eigenvalue weighted by molar-refractivity contribution is 5.91. The molecule has 0 bridgehead atoms. The van der Waals surface area contributed by atoms with Gasteiger partial charge in [0.1, 0.15) is 5.69 Å². The van der Waals surface area contributed by atoms with E-state index in [1.165, 1.54) is 18.6 Å². The van der Waals surface area contributed by atoms with E-state index in [1.54, 1.807) is 0 Å². The van der Waals surface area contributed by atoms with Crippen LogP contribution in [0, 0.1) is 0 Å². The molecule has 0 fully saturated rings. The number of hydrogen-bond acceptors (Lipinski definition) is 4. The van der Waals surface area contributed by atoms with Gasteiger partial charge in [0.15, 0.2) is 0 Å². The zero-order valence-electron chi connectivity index (χ0n) is 10.4. The van der Waals surface area contributed by atoms with Crippen LogP contribution in [0.4, 0.5) is 0 Å². The topological polar surface area (TPSA) is 75.1 Å². The van der Waals surface area contributed by atoms with E-state index in [9.17, 15) is 9.90 Å². The number of aromatic nitrogens is 2. The molecule has 2 rings (SSSR count). The van der Waals surface area contributed by atoms with Gasteiger partial charge in [0, 0.05) is 18.9 Å². The highest BCUT2D eigenvalue weighted by Crippen LogP contribution is 2.14. The summed E-state index contributed by atoms with van der Waals surface area (Å²) in [4.78, 5) is 19.4. The number of nitrogens with one attached hydrogen (secondary N) is 1. The van der Waals surface area contributed by atoms with Gasteiger partial charge in [-0.15, -0.1) is 0 Å². The Kier molecular flexibility index (Phi) is 4.58. The molecule has 0 aliphatic heterocycles. The van der Waals surface area contributed by atoms with Gasteiger partial charge in [-0.1, -0.05) is 30.3 Å². The SMILES string of the molecule is O=C(NCCC(O)c1ccccc1)c1cnccn1. The molecule has 0 aliphatic carbocycles. The molecule has 1 amide bonds. The van der Waals surface area contributed by atoms with Crippen LogP contribution in [0.15, 0.2) is 48.9 Å². The van der Waals surface area contributed by atoms with Gasteiger partial charge >= 0.3 is 0 Å². The molecule has 98 valence electrons. The standard InChI is InChI=1S/C14H15N3O2/c18-13(11-4-2-1-3-5-11)6-7-17-14(19)12-10-15-8-9-16-12/h1-5,8-10,13,18H,6-7H2,(H,17,19). The molecule has 0 aliphatic rings. The molecule has 1 aromatic heterocycles. The molecule has 0 saturated carbocycles. The van der Waals surface area contributed by atoms with Gasteiger partial charge < -0.3 is 10.4 Å². The number of benzene rings is 1.